The largest absolute Gasteiger partial charge is 0.445 e. The minimum absolute atomic E-state index is 0.0482. The lowest BCUT2D eigenvalue weighted by Gasteiger charge is -2.07. The van der Waals surface area contributed by atoms with E-state index in [9.17, 15) is 13.2 Å². The summed E-state index contributed by atoms with van der Waals surface area (Å²) in [7, 11) is -2.37. The van der Waals surface area contributed by atoms with Crippen molar-refractivity contribution in [3.05, 3.63) is 59.0 Å². The molecule has 0 saturated heterocycles. The molecule has 0 radical (unpaired) electrons. The molecule has 0 bridgehead atoms. The zero-order valence-electron chi connectivity index (χ0n) is 13.1. The van der Waals surface area contributed by atoms with Crippen molar-refractivity contribution in [3.63, 3.8) is 0 Å². The number of rotatable bonds is 4. The van der Waals surface area contributed by atoms with Gasteiger partial charge < -0.3 is 10.1 Å². The molecular weight excluding hydrogens is 410 g/mol. The summed E-state index contributed by atoms with van der Waals surface area (Å²) >= 11 is 3.36. The second kappa shape index (κ2) is 6.85. The number of amides is 1. The summed E-state index contributed by atoms with van der Waals surface area (Å²) in [6, 6.07) is 8.31. The van der Waals surface area contributed by atoms with Crippen LogP contribution in [0.1, 0.15) is 5.56 Å². The van der Waals surface area contributed by atoms with Gasteiger partial charge in [-0.15, -0.1) is 0 Å². The van der Waals surface area contributed by atoms with Crippen LogP contribution in [0.4, 0.5) is 4.79 Å². The van der Waals surface area contributed by atoms with E-state index in [0.717, 1.165) is 4.47 Å². The van der Waals surface area contributed by atoms with E-state index >= 15 is 0 Å². The van der Waals surface area contributed by atoms with Gasteiger partial charge in [0.1, 0.15) is 11.5 Å². The molecule has 1 aromatic carbocycles. The van der Waals surface area contributed by atoms with Crippen molar-refractivity contribution >= 4 is 42.9 Å². The number of halogens is 1. The van der Waals surface area contributed by atoms with Crippen LogP contribution in [0.25, 0.3) is 10.9 Å². The molecule has 2 aromatic heterocycles. The van der Waals surface area contributed by atoms with E-state index in [2.05, 4.69) is 26.2 Å². The highest BCUT2D eigenvalue weighted by molar-refractivity contribution is 9.10. The first-order chi connectivity index (χ1) is 11.9. The van der Waals surface area contributed by atoms with Crippen molar-refractivity contribution in [1.82, 2.24) is 14.3 Å². The van der Waals surface area contributed by atoms with E-state index in [-0.39, 0.29) is 11.5 Å². The van der Waals surface area contributed by atoms with E-state index < -0.39 is 16.1 Å². The minimum Gasteiger partial charge on any atom is -0.445 e. The van der Waals surface area contributed by atoms with Gasteiger partial charge in [-0.2, -0.15) is 0 Å². The lowest BCUT2D eigenvalue weighted by atomic mass is 10.2. The molecule has 1 N–H and O–H groups in total. The number of carbonyl (C=O) groups is 1. The van der Waals surface area contributed by atoms with Crippen molar-refractivity contribution in [2.75, 3.05) is 7.05 Å². The van der Waals surface area contributed by atoms with Gasteiger partial charge in [0.05, 0.1) is 5.52 Å². The summed E-state index contributed by atoms with van der Waals surface area (Å²) in [6.45, 7) is -0.0482. The van der Waals surface area contributed by atoms with E-state index in [4.69, 9.17) is 4.74 Å². The fourth-order valence-electron chi connectivity index (χ4n) is 2.38. The highest BCUT2D eigenvalue weighted by Gasteiger charge is 2.22. The third-order valence-electron chi connectivity index (χ3n) is 3.57. The van der Waals surface area contributed by atoms with Crippen molar-refractivity contribution < 1.29 is 17.9 Å². The van der Waals surface area contributed by atoms with Crippen LogP contribution in [0.2, 0.25) is 0 Å². The molecule has 7 nitrogen and oxygen atoms in total. The lowest BCUT2D eigenvalue weighted by molar-refractivity contribution is 0.142. The van der Waals surface area contributed by atoms with Crippen LogP contribution in [-0.2, 0) is 21.4 Å². The summed E-state index contributed by atoms with van der Waals surface area (Å²) in [6.07, 6.45) is 3.67. The fourth-order valence-corrected chi connectivity index (χ4v) is 4.08. The number of carbonyl (C=O) groups excluding carboxylic acids is 1. The SMILES string of the molecule is CNC(=O)OCc1cn(S(=O)(=O)c2cccnc2)c2cc(Br)ccc12. The summed E-state index contributed by atoms with van der Waals surface area (Å²) in [5, 5.41) is 3.03. The maximum absolute atomic E-state index is 13.0. The van der Waals surface area contributed by atoms with Crippen molar-refractivity contribution in [3.8, 4) is 0 Å². The van der Waals surface area contributed by atoms with E-state index in [1.807, 2.05) is 0 Å². The Morgan fingerprint density at radius 2 is 2.16 bits per heavy atom. The summed E-state index contributed by atoms with van der Waals surface area (Å²) in [5.41, 5.74) is 1.06. The quantitative estimate of drug-likeness (QED) is 0.696. The zero-order valence-corrected chi connectivity index (χ0v) is 15.5. The fraction of sp³-hybridized carbons (Fsp3) is 0.125. The first kappa shape index (κ1) is 17.4. The number of nitrogens with one attached hydrogen (secondary N) is 1. The van der Waals surface area contributed by atoms with E-state index in [0.29, 0.717) is 16.5 Å². The van der Waals surface area contributed by atoms with Gasteiger partial charge in [-0.05, 0) is 24.3 Å². The topological polar surface area (TPSA) is 90.3 Å². The molecule has 3 aromatic rings. The minimum atomic E-state index is -3.83. The average Bonchev–Trinajstić information content (AvgIpc) is 2.98. The van der Waals surface area contributed by atoms with Gasteiger partial charge in [0.2, 0.25) is 0 Å². The Morgan fingerprint density at radius 1 is 1.36 bits per heavy atom. The maximum atomic E-state index is 13.0. The molecule has 1 amide bonds. The highest BCUT2D eigenvalue weighted by atomic mass is 79.9. The van der Waals surface area contributed by atoms with Gasteiger partial charge in [-0.1, -0.05) is 22.0 Å². The number of nitrogens with zero attached hydrogens (tertiary/aromatic N) is 2. The summed E-state index contributed by atoms with van der Waals surface area (Å²) in [5.74, 6) is 0. The van der Waals surface area contributed by atoms with Crippen molar-refractivity contribution in [2.24, 2.45) is 0 Å². The van der Waals surface area contributed by atoms with Crippen LogP contribution in [0, 0.1) is 0 Å². The number of ether oxygens (including phenoxy) is 1. The van der Waals surface area contributed by atoms with Gasteiger partial charge in [0, 0.05) is 41.1 Å². The molecule has 130 valence electrons. The smallest absolute Gasteiger partial charge is 0.407 e. The first-order valence-electron chi connectivity index (χ1n) is 7.23. The average molecular weight is 424 g/mol. The number of alkyl carbamates (subject to hydrolysis) is 1. The van der Waals surface area contributed by atoms with Crippen LogP contribution in [0.5, 0.6) is 0 Å². The first-order valence-corrected chi connectivity index (χ1v) is 9.46. The van der Waals surface area contributed by atoms with Crippen LogP contribution in [0.3, 0.4) is 0 Å². The molecule has 0 atom stereocenters. The molecule has 0 fully saturated rings. The highest BCUT2D eigenvalue weighted by Crippen LogP contribution is 2.28. The number of benzene rings is 1. The third kappa shape index (κ3) is 3.38. The van der Waals surface area contributed by atoms with Gasteiger partial charge in [0.25, 0.3) is 10.0 Å². The number of aromatic nitrogens is 2. The lowest BCUT2D eigenvalue weighted by Crippen LogP contribution is -2.18. The molecule has 0 aliphatic heterocycles. The second-order valence-corrected chi connectivity index (χ2v) is 7.86. The van der Waals surface area contributed by atoms with Gasteiger partial charge in [-0.25, -0.2) is 17.2 Å². The molecule has 0 aliphatic carbocycles. The Bertz CT molecular complexity index is 1030. The third-order valence-corrected chi connectivity index (χ3v) is 5.72. The Morgan fingerprint density at radius 3 is 2.84 bits per heavy atom. The van der Waals surface area contributed by atoms with Gasteiger partial charge >= 0.3 is 6.09 Å². The van der Waals surface area contributed by atoms with Gasteiger partial charge in [0.15, 0.2) is 0 Å². The predicted octanol–water partition coefficient (Wildman–Crippen LogP) is 2.89. The molecule has 0 saturated carbocycles. The number of hydrogen-bond donors (Lipinski definition) is 1. The van der Waals surface area contributed by atoms with E-state index in [1.165, 1.54) is 35.7 Å². The standard InChI is InChI=1S/C16H14BrN3O4S/c1-18-16(21)24-10-11-9-20(15-7-12(17)4-5-14(11)15)25(22,23)13-3-2-6-19-8-13/h2-9H,10H2,1H3,(H,18,21). The van der Waals surface area contributed by atoms with Crippen LogP contribution in [0.15, 0.2) is 58.3 Å². The molecule has 2 heterocycles. The molecule has 3 rings (SSSR count). The Balaban J connectivity index is 2.15. The number of fused-ring (bicyclic) bond motifs is 1. The van der Waals surface area contributed by atoms with E-state index in [1.54, 1.807) is 24.3 Å². The summed E-state index contributed by atoms with van der Waals surface area (Å²) < 4.78 is 32.9. The Hall–Kier alpha value is -2.39. The molecular formula is C16H14BrN3O4S. The second-order valence-electron chi connectivity index (χ2n) is 5.13. The molecule has 25 heavy (non-hydrogen) atoms. The van der Waals surface area contributed by atoms with Crippen LogP contribution >= 0.6 is 15.9 Å². The van der Waals surface area contributed by atoms with Crippen molar-refractivity contribution in [2.45, 2.75) is 11.5 Å². The Kier molecular flexibility index (Phi) is 4.78. The van der Waals surface area contributed by atoms with Gasteiger partial charge in [-0.3, -0.25) is 4.98 Å². The van der Waals surface area contributed by atoms with Crippen LogP contribution < -0.4 is 5.32 Å². The maximum Gasteiger partial charge on any atom is 0.407 e. The molecule has 0 aliphatic rings. The monoisotopic (exact) mass is 423 g/mol. The molecule has 9 heteroatoms. The van der Waals surface area contributed by atoms with Crippen molar-refractivity contribution in [1.29, 1.82) is 0 Å². The number of hydrogen-bond acceptors (Lipinski definition) is 5. The summed E-state index contributed by atoms with van der Waals surface area (Å²) in [4.78, 5) is 15.3. The zero-order chi connectivity index (χ0) is 18.0. The number of pyridine rings is 1. The molecule has 0 spiro atoms. The van der Waals surface area contributed by atoms with Crippen LogP contribution in [-0.4, -0.2) is 30.5 Å². The Labute approximate surface area is 152 Å². The normalized spacial score (nSPS) is 11.4. The predicted molar refractivity (Wildman–Crippen MR) is 95.7 cm³/mol. The molecule has 0 unspecified atom stereocenters.